The molecule has 0 atom stereocenters. The SMILES string of the molecule is CC(=O)Nc1ccc(NC(=O)c2cc(N3CCc4ccccc4C3)ccn2)cc1. The number of nitrogens with zero attached hydrogens (tertiary/aromatic N) is 2. The minimum atomic E-state index is -0.267. The Kier molecular flexibility index (Phi) is 5.24. The number of nitrogens with one attached hydrogen (secondary N) is 2. The molecule has 29 heavy (non-hydrogen) atoms. The maximum Gasteiger partial charge on any atom is 0.274 e. The molecule has 0 unspecified atom stereocenters. The maximum atomic E-state index is 12.6. The number of carbonyl (C=O) groups is 2. The van der Waals surface area contributed by atoms with Crippen LogP contribution in [-0.2, 0) is 17.8 Å². The molecule has 0 spiro atoms. The van der Waals surface area contributed by atoms with Crippen LogP contribution in [0.1, 0.15) is 28.5 Å². The zero-order chi connectivity index (χ0) is 20.2. The van der Waals surface area contributed by atoms with Crippen LogP contribution < -0.4 is 15.5 Å². The number of fused-ring (bicyclic) bond motifs is 1. The van der Waals surface area contributed by atoms with Crippen molar-refractivity contribution in [3.05, 3.63) is 83.7 Å². The van der Waals surface area contributed by atoms with Crippen molar-refractivity contribution in [2.45, 2.75) is 19.9 Å². The highest BCUT2D eigenvalue weighted by molar-refractivity contribution is 6.03. The molecule has 2 amide bonds. The van der Waals surface area contributed by atoms with E-state index < -0.39 is 0 Å². The molecule has 0 bridgehead atoms. The Balaban J connectivity index is 1.46. The van der Waals surface area contributed by atoms with Crippen LogP contribution in [0.15, 0.2) is 66.9 Å². The molecule has 0 saturated carbocycles. The lowest BCUT2D eigenvalue weighted by molar-refractivity contribution is -0.114. The van der Waals surface area contributed by atoms with Gasteiger partial charge in [0.2, 0.25) is 5.91 Å². The van der Waals surface area contributed by atoms with Gasteiger partial charge in [0.15, 0.2) is 0 Å². The van der Waals surface area contributed by atoms with Crippen molar-refractivity contribution in [2.24, 2.45) is 0 Å². The van der Waals surface area contributed by atoms with Gasteiger partial charge >= 0.3 is 0 Å². The summed E-state index contributed by atoms with van der Waals surface area (Å²) in [6, 6.07) is 19.2. The van der Waals surface area contributed by atoms with Gasteiger partial charge in [-0.25, -0.2) is 0 Å². The summed E-state index contributed by atoms with van der Waals surface area (Å²) in [5, 5.41) is 5.55. The normalized spacial score (nSPS) is 12.8. The maximum absolute atomic E-state index is 12.6. The summed E-state index contributed by atoms with van der Waals surface area (Å²) in [6.07, 6.45) is 2.66. The van der Waals surface area contributed by atoms with E-state index >= 15 is 0 Å². The minimum absolute atomic E-state index is 0.136. The fourth-order valence-corrected chi connectivity index (χ4v) is 3.49. The van der Waals surface area contributed by atoms with Gasteiger partial charge in [-0.2, -0.15) is 0 Å². The largest absolute Gasteiger partial charge is 0.367 e. The highest BCUT2D eigenvalue weighted by Gasteiger charge is 2.17. The third-order valence-electron chi connectivity index (χ3n) is 4.94. The summed E-state index contributed by atoms with van der Waals surface area (Å²) in [5.41, 5.74) is 5.39. The molecule has 2 N–H and O–H groups in total. The van der Waals surface area contributed by atoms with Crippen LogP contribution in [0.3, 0.4) is 0 Å². The molecule has 2 aromatic carbocycles. The molecule has 6 nitrogen and oxygen atoms in total. The first-order valence-electron chi connectivity index (χ1n) is 9.55. The molecule has 0 radical (unpaired) electrons. The van der Waals surface area contributed by atoms with Gasteiger partial charge in [0.25, 0.3) is 5.91 Å². The van der Waals surface area contributed by atoms with Crippen molar-refractivity contribution in [2.75, 3.05) is 22.1 Å². The van der Waals surface area contributed by atoms with Gasteiger partial charge in [0, 0.05) is 43.3 Å². The van der Waals surface area contributed by atoms with Gasteiger partial charge in [-0.05, 0) is 53.9 Å². The van der Waals surface area contributed by atoms with Gasteiger partial charge in [-0.1, -0.05) is 24.3 Å². The summed E-state index contributed by atoms with van der Waals surface area (Å²) in [5.74, 6) is -0.403. The molecule has 4 rings (SSSR count). The molecular weight excluding hydrogens is 364 g/mol. The zero-order valence-corrected chi connectivity index (χ0v) is 16.2. The predicted octanol–water partition coefficient (Wildman–Crippen LogP) is 3.86. The lowest BCUT2D eigenvalue weighted by atomic mass is 9.99. The second kappa shape index (κ2) is 8.14. The lowest BCUT2D eigenvalue weighted by Crippen LogP contribution is -2.30. The highest BCUT2D eigenvalue weighted by atomic mass is 16.2. The Morgan fingerprint density at radius 3 is 2.34 bits per heavy atom. The van der Waals surface area contributed by atoms with Crippen LogP contribution in [0.2, 0.25) is 0 Å². The van der Waals surface area contributed by atoms with Gasteiger partial charge in [0.1, 0.15) is 5.69 Å². The van der Waals surface area contributed by atoms with Crippen LogP contribution >= 0.6 is 0 Å². The van der Waals surface area contributed by atoms with Gasteiger partial charge in [-0.15, -0.1) is 0 Å². The number of benzene rings is 2. The van der Waals surface area contributed by atoms with Crippen molar-refractivity contribution in [1.82, 2.24) is 4.98 Å². The minimum Gasteiger partial charge on any atom is -0.367 e. The molecule has 6 heteroatoms. The number of carbonyl (C=O) groups excluding carboxylic acids is 2. The highest BCUT2D eigenvalue weighted by Crippen LogP contribution is 2.25. The second-order valence-electron chi connectivity index (χ2n) is 7.05. The van der Waals surface area contributed by atoms with E-state index in [9.17, 15) is 9.59 Å². The summed E-state index contributed by atoms with van der Waals surface area (Å²) in [4.78, 5) is 30.2. The van der Waals surface area contributed by atoms with Crippen molar-refractivity contribution in [3.63, 3.8) is 0 Å². The Bertz CT molecular complexity index is 1050. The molecular formula is C23H22N4O2. The lowest BCUT2D eigenvalue weighted by Gasteiger charge is -2.30. The monoisotopic (exact) mass is 386 g/mol. The van der Waals surface area contributed by atoms with E-state index in [1.165, 1.54) is 18.1 Å². The number of pyridine rings is 1. The summed E-state index contributed by atoms with van der Waals surface area (Å²) < 4.78 is 0. The van der Waals surface area contributed by atoms with Crippen molar-refractivity contribution >= 4 is 28.9 Å². The van der Waals surface area contributed by atoms with E-state index in [0.717, 1.165) is 25.2 Å². The van der Waals surface area contributed by atoms with E-state index in [2.05, 4.69) is 44.8 Å². The Labute approximate surface area is 169 Å². The predicted molar refractivity (Wildman–Crippen MR) is 114 cm³/mol. The Hall–Kier alpha value is -3.67. The molecule has 1 aliphatic rings. The van der Waals surface area contributed by atoms with Crippen molar-refractivity contribution in [1.29, 1.82) is 0 Å². The van der Waals surface area contributed by atoms with Crippen LogP contribution in [-0.4, -0.2) is 23.3 Å². The van der Waals surface area contributed by atoms with E-state index in [1.54, 1.807) is 30.5 Å². The van der Waals surface area contributed by atoms with Crippen LogP contribution in [0.25, 0.3) is 0 Å². The summed E-state index contributed by atoms with van der Waals surface area (Å²) >= 11 is 0. The third kappa shape index (κ3) is 4.43. The van der Waals surface area contributed by atoms with Gasteiger partial charge in [-0.3, -0.25) is 14.6 Å². The fraction of sp³-hybridized carbons (Fsp3) is 0.174. The molecule has 0 aliphatic carbocycles. The van der Waals surface area contributed by atoms with Gasteiger partial charge in [0.05, 0.1) is 0 Å². The number of hydrogen-bond donors (Lipinski definition) is 2. The van der Waals surface area contributed by atoms with Crippen LogP contribution in [0.5, 0.6) is 0 Å². The quantitative estimate of drug-likeness (QED) is 0.714. The number of amides is 2. The van der Waals surface area contributed by atoms with Crippen LogP contribution in [0, 0.1) is 0 Å². The number of anilines is 3. The topological polar surface area (TPSA) is 74.3 Å². The first-order chi connectivity index (χ1) is 14.1. The first-order valence-corrected chi connectivity index (χ1v) is 9.55. The molecule has 0 fully saturated rings. The van der Waals surface area contributed by atoms with Crippen molar-refractivity contribution in [3.8, 4) is 0 Å². The number of rotatable bonds is 4. The molecule has 1 aromatic heterocycles. The summed E-state index contributed by atoms with van der Waals surface area (Å²) in [7, 11) is 0. The number of aromatic nitrogens is 1. The average Bonchev–Trinajstić information content (AvgIpc) is 2.74. The molecule has 0 saturated heterocycles. The third-order valence-corrected chi connectivity index (χ3v) is 4.94. The standard InChI is InChI=1S/C23H22N4O2/c1-16(28)25-19-6-8-20(9-7-19)26-23(29)22-14-21(10-12-24-22)27-13-11-17-4-2-3-5-18(17)15-27/h2-10,12,14H,11,13,15H2,1H3,(H,25,28)(H,26,29). The number of hydrogen-bond acceptors (Lipinski definition) is 4. The fourth-order valence-electron chi connectivity index (χ4n) is 3.49. The molecule has 2 heterocycles. The Morgan fingerprint density at radius 1 is 0.931 bits per heavy atom. The first kappa shape index (κ1) is 18.7. The second-order valence-corrected chi connectivity index (χ2v) is 7.05. The molecule has 3 aromatic rings. The molecule has 146 valence electrons. The molecule has 1 aliphatic heterocycles. The van der Waals surface area contributed by atoms with Crippen molar-refractivity contribution < 1.29 is 9.59 Å². The van der Waals surface area contributed by atoms with E-state index in [4.69, 9.17) is 0 Å². The van der Waals surface area contributed by atoms with Crippen LogP contribution in [0.4, 0.5) is 17.1 Å². The van der Waals surface area contributed by atoms with Gasteiger partial charge < -0.3 is 15.5 Å². The zero-order valence-electron chi connectivity index (χ0n) is 16.2. The average molecular weight is 386 g/mol. The van der Waals surface area contributed by atoms with E-state index in [0.29, 0.717) is 17.1 Å². The van der Waals surface area contributed by atoms with E-state index in [1.807, 2.05) is 12.1 Å². The summed E-state index contributed by atoms with van der Waals surface area (Å²) in [6.45, 7) is 3.19. The Morgan fingerprint density at radius 2 is 1.62 bits per heavy atom. The smallest absolute Gasteiger partial charge is 0.274 e. The van der Waals surface area contributed by atoms with E-state index in [-0.39, 0.29) is 11.8 Å².